The topological polar surface area (TPSA) is 66.0 Å². The van der Waals surface area contributed by atoms with Crippen molar-refractivity contribution in [3.8, 4) is 0 Å². The Hall–Kier alpha value is -0.420. The summed E-state index contributed by atoms with van der Waals surface area (Å²) in [7, 11) is 0. The van der Waals surface area contributed by atoms with E-state index in [1.807, 2.05) is 0 Å². The summed E-state index contributed by atoms with van der Waals surface area (Å²) in [5.74, 6) is 3.62. The molecule has 0 atom stereocenters. The minimum absolute atomic E-state index is 0.324. The third-order valence-electron chi connectivity index (χ3n) is 0.469. The summed E-state index contributed by atoms with van der Waals surface area (Å²) in [5, 5.41) is 0. The first-order valence-corrected chi connectivity index (χ1v) is 2.75. The van der Waals surface area contributed by atoms with Gasteiger partial charge in [-0.3, -0.25) is 5.84 Å². The van der Waals surface area contributed by atoms with Crippen LogP contribution >= 0.6 is 12.6 Å². The lowest BCUT2D eigenvalue weighted by Gasteiger charge is -1.96. The summed E-state index contributed by atoms with van der Waals surface area (Å²) in [6.07, 6.45) is -0.515. The Morgan fingerprint density at radius 1 is 1.88 bits per heavy atom. The molecule has 0 spiro atoms. The van der Waals surface area contributed by atoms with Gasteiger partial charge in [-0.1, -0.05) is 0 Å². The zero-order valence-corrected chi connectivity index (χ0v) is 5.28. The van der Waals surface area contributed by atoms with Crippen LogP contribution in [0.3, 0.4) is 0 Å². The van der Waals surface area contributed by atoms with Crippen molar-refractivity contribution in [3.63, 3.8) is 0 Å². The van der Waals surface area contributed by atoms with Gasteiger partial charge in [-0.15, -0.1) is 0 Å². The van der Waals surface area contributed by atoms with Gasteiger partial charge in [0.05, 0.1) is 0 Å². The molecule has 0 saturated heterocycles. The van der Waals surface area contributed by atoms with E-state index in [0.717, 1.165) is 0 Å². The Morgan fingerprint density at radius 2 is 2.50 bits per heavy atom. The van der Waals surface area contributed by atoms with Crippen LogP contribution in [0.4, 0.5) is 4.79 Å². The summed E-state index contributed by atoms with van der Waals surface area (Å²) < 4.78 is 4.45. The summed E-state index contributed by atoms with van der Waals surface area (Å²) >= 11 is 3.81. The van der Waals surface area contributed by atoms with E-state index in [1.165, 1.54) is 0 Å². The van der Waals surface area contributed by atoms with Gasteiger partial charge in [0.2, 0.25) is 0 Å². The number of ether oxygens (including phenoxy) is 1. The molecule has 8 heavy (non-hydrogen) atoms. The predicted octanol–water partition coefficient (Wildman–Crippen LogP) is -1.20. The Morgan fingerprint density at radius 3 is 2.88 bits per heavy atom. The standard InChI is InChI=1S/C3H8N2O2S/c4-5-3(6)7-1-2-8/h8H,1-2,4H2,(H,5,6)/p+1. The first-order valence-electron chi connectivity index (χ1n) is 2.12. The molecule has 0 unspecified atom stereocenters. The molecule has 0 rings (SSSR count). The van der Waals surface area contributed by atoms with Gasteiger partial charge in [-0.25, -0.2) is 4.79 Å². The average molecular weight is 137 g/mol. The number of quaternary nitrogens is 1. The van der Waals surface area contributed by atoms with Crippen LogP contribution in [0.25, 0.3) is 0 Å². The third kappa shape index (κ3) is 3.76. The molecule has 0 saturated carbocycles. The molecule has 4 nitrogen and oxygen atoms in total. The Balaban J connectivity index is 2.99. The smallest absolute Gasteiger partial charge is 0.446 e. The molecule has 48 valence electrons. The minimum atomic E-state index is -0.515. The summed E-state index contributed by atoms with van der Waals surface area (Å²) in [5.41, 5.74) is 2.05. The van der Waals surface area contributed by atoms with Crippen LogP contribution in [0.5, 0.6) is 0 Å². The fraction of sp³-hybridized carbons (Fsp3) is 0.667. The molecule has 0 radical (unpaired) electrons. The van der Waals surface area contributed by atoms with Crippen molar-refractivity contribution in [2.75, 3.05) is 12.4 Å². The molecule has 0 bridgehead atoms. The first kappa shape index (κ1) is 7.58. The average Bonchev–Trinajstić information content (AvgIpc) is 1.83. The van der Waals surface area contributed by atoms with E-state index in [0.29, 0.717) is 12.4 Å². The van der Waals surface area contributed by atoms with E-state index in [2.05, 4.69) is 28.6 Å². The second-order valence-corrected chi connectivity index (χ2v) is 1.48. The quantitative estimate of drug-likeness (QED) is 0.330. The molecule has 0 fully saturated rings. The van der Waals surface area contributed by atoms with Gasteiger partial charge in [-0.05, 0) is 0 Å². The summed E-state index contributed by atoms with van der Waals surface area (Å²) in [6, 6.07) is 0. The zero-order valence-electron chi connectivity index (χ0n) is 4.39. The van der Waals surface area contributed by atoms with E-state index in [-0.39, 0.29) is 0 Å². The largest absolute Gasteiger partial charge is 0.451 e. The van der Waals surface area contributed by atoms with Crippen LogP contribution in [0.2, 0.25) is 0 Å². The van der Waals surface area contributed by atoms with Gasteiger partial charge >= 0.3 is 6.09 Å². The second-order valence-electron chi connectivity index (χ2n) is 1.04. The number of hydrogen-bond donors (Lipinski definition) is 3. The molecule has 0 aliphatic rings. The number of hydrogen-bond acceptors (Lipinski definition) is 3. The van der Waals surface area contributed by atoms with Crippen LogP contribution in [0.15, 0.2) is 0 Å². The molecule has 0 aliphatic heterocycles. The van der Waals surface area contributed by atoms with Crippen molar-refractivity contribution in [1.29, 1.82) is 0 Å². The maximum absolute atomic E-state index is 10.1. The van der Waals surface area contributed by atoms with E-state index < -0.39 is 6.09 Å². The van der Waals surface area contributed by atoms with Crippen molar-refractivity contribution in [3.05, 3.63) is 0 Å². The number of thiol groups is 1. The van der Waals surface area contributed by atoms with Gasteiger partial charge in [-0.2, -0.15) is 18.1 Å². The molecular formula is C3H9N2O2S+. The fourth-order valence-electron chi connectivity index (χ4n) is 0.189. The molecule has 0 aromatic rings. The zero-order chi connectivity index (χ0) is 6.41. The monoisotopic (exact) mass is 137 g/mol. The number of nitrogens with one attached hydrogen (secondary N) is 1. The molecule has 0 aromatic carbocycles. The normalized spacial score (nSPS) is 8.25. The summed E-state index contributed by atoms with van der Waals surface area (Å²) in [6.45, 7) is 0.324. The highest BCUT2D eigenvalue weighted by Crippen LogP contribution is 1.76. The van der Waals surface area contributed by atoms with Crippen LogP contribution in [0, 0.1) is 0 Å². The van der Waals surface area contributed by atoms with Crippen molar-refractivity contribution in [2.24, 2.45) is 0 Å². The van der Waals surface area contributed by atoms with E-state index in [9.17, 15) is 4.79 Å². The third-order valence-corrected chi connectivity index (χ3v) is 0.651. The Bertz CT molecular complexity index is 77.7. The van der Waals surface area contributed by atoms with Crippen LogP contribution in [0.1, 0.15) is 0 Å². The van der Waals surface area contributed by atoms with Crippen molar-refractivity contribution >= 4 is 18.7 Å². The maximum Gasteiger partial charge on any atom is 0.451 e. The fourth-order valence-corrected chi connectivity index (χ4v) is 0.281. The van der Waals surface area contributed by atoms with E-state index >= 15 is 0 Å². The molecule has 0 aliphatic carbocycles. The Kier molecular flexibility index (Phi) is 4.48. The number of rotatable bonds is 2. The molecule has 4 N–H and O–H groups in total. The highest BCUT2D eigenvalue weighted by molar-refractivity contribution is 7.80. The Labute approximate surface area is 52.8 Å². The van der Waals surface area contributed by atoms with E-state index in [4.69, 9.17) is 0 Å². The van der Waals surface area contributed by atoms with E-state index in [1.54, 1.807) is 0 Å². The number of amides is 1. The van der Waals surface area contributed by atoms with Crippen molar-refractivity contribution < 1.29 is 15.4 Å². The lowest BCUT2D eigenvalue weighted by Crippen LogP contribution is -2.67. The molecule has 0 aromatic heterocycles. The minimum Gasteiger partial charge on any atom is -0.446 e. The molecular weight excluding hydrogens is 128 g/mol. The lowest BCUT2D eigenvalue weighted by atomic mass is 10.8. The van der Waals surface area contributed by atoms with Crippen molar-refractivity contribution in [1.82, 2.24) is 5.43 Å². The van der Waals surface area contributed by atoms with Gasteiger partial charge in [0.1, 0.15) is 6.61 Å². The van der Waals surface area contributed by atoms with Gasteiger partial charge in [0.15, 0.2) is 0 Å². The highest BCUT2D eigenvalue weighted by Gasteiger charge is 1.95. The predicted molar refractivity (Wildman–Crippen MR) is 31.2 cm³/mol. The van der Waals surface area contributed by atoms with Gasteiger partial charge in [0.25, 0.3) is 0 Å². The molecule has 0 heterocycles. The highest BCUT2D eigenvalue weighted by atomic mass is 32.1. The maximum atomic E-state index is 10.1. The molecule has 1 amide bonds. The SMILES string of the molecule is [NH3+]NC(=O)OCCS. The van der Waals surface area contributed by atoms with Gasteiger partial charge in [0, 0.05) is 5.75 Å². The van der Waals surface area contributed by atoms with Crippen LogP contribution < -0.4 is 11.3 Å². The molecule has 5 heteroatoms. The second kappa shape index (κ2) is 4.73. The number of carbonyl (C=O) groups is 1. The van der Waals surface area contributed by atoms with Crippen molar-refractivity contribution in [2.45, 2.75) is 0 Å². The van der Waals surface area contributed by atoms with Gasteiger partial charge < -0.3 is 4.74 Å². The number of carbonyl (C=O) groups excluding carboxylic acids is 1. The first-order chi connectivity index (χ1) is 3.81. The lowest BCUT2D eigenvalue weighted by molar-refractivity contribution is -0.426. The van der Waals surface area contributed by atoms with Crippen LogP contribution in [-0.4, -0.2) is 18.5 Å². The van der Waals surface area contributed by atoms with Crippen LogP contribution in [-0.2, 0) is 4.74 Å². The summed E-state index contributed by atoms with van der Waals surface area (Å²) in [4.78, 5) is 10.1.